The Morgan fingerprint density at radius 1 is 1.50 bits per heavy atom. The standard InChI is InChI=1S/C12H27N3O3/c1-10(11(16)13-6-7-18-5)14-8-12(2,17)9-15(3)4/h10,14,17H,6-9H2,1-5H3,(H,13,16). The van der Waals surface area contributed by atoms with Gasteiger partial charge < -0.3 is 25.4 Å². The predicted molar refractivity (Wildman–Crippen MR) is 71.5 cm³/mol. The number of hydrogen-bond acceptors (Lipinski definition) is 5. The summed E-state index contributed by atoms with van der Waals surface area (Å²) >= 11 is 0. The molecule has 1 amide bonds. The summed E-state index contributed by atoms with van der Waals surface area (Å²) in [7, 11) is 5.39. The van der Waals surface area contributed by atoms with Crippen molar-refractivity contribution in [1.82, 2.24) is 15.5 Å². The maximum absolute atomic E-state index is 11.6. The molecule has 0 aromatic carbocycles. The average Bonchev–Trinajstić information content (AvgIpc) is 2.24. The van der Waals surface area contributed by atoms with Crippen molar-refractivity contribution in [2.24, 2.45) is 0 Å². The monoisotopic (exact) mass is 261 g/mol. The lowest BCUT2D eigenvalue weighted by atomic mass is 10.1. The van der Waals surface area contributed by atoms with Gasteiger partial charge in [-0.05, 0) is 27.9 Å². The van der Waals surface area contributed by atoms with Crippen LogP contribution in [-0.4, -0.2) is 75.0 Å². The smallest absolute Gasteiger partial charge is 0.236 e. The van der Waals surface area contributed by atoms with E-state index in [-0.39, 0.29) is 11.9 Å². The van der Waals surface area contributed by atoms with Gasteiger partial charge in [0.15, 0.2) is 0 Å². The van der Waals surface area contributed by atoms with Gasteiger partial charge in [0, 0.05) is 26.7 Å². The number of methoxy groups -OCH3 is 1. The van der Waals surface area contributed by atoms with Crippen molar-refractivity contribution in [2.45, 2.75) is 25.5 Å². The molecule has 6 heteroatoms. The zero-order chi connectivity index (χ0) is 14.2. The second-order valence-electron chi connectivity index (χ2n) is 5.12. The first-order chi connectivity index (χ1) is 8.28. The number of ether oxygens (including phenoxy) is 1. The molecule has 0 rings (SSSR count). The maximum atomic E-state index is 11.6. The number of nitrogens with one attached hydrogen (secondary N) is 2. The Hall–Kier alpha value is -0.690. The molecule has 0 bridgehead atoms. The molecule has 2 atom stereocenters. The molecule has 0 aromatic rings. The Morgan fingerprint density at radius 2 is 2.11 bits per heavy atom. The molecule has 0 aliphatic carbocycles. The molecule has 18 heavy (non-hydrogen) atoms. The van der Waals surface area contributed by atoms with E-state index >= 15 is 0 Å². The Bertz CT molecular complexity index is 245. The fraction of sp³-hybridized carbons (Fsp3) is 0.917. The Kier molecular flexibility index (Phi) is 8.10. The number of aliphatic hydroxyl groups is 1. The molecule has 3 N–H and O–H groups in total. The molecule has 0 aliphatic heterocycles. The topological polar surface area (TPSA) is 73.8 Å². The average molecular weight is 261 g/mol. The van der Waals surface area contributed by atoms with E-state index < -0.39 is 5.60 Å². The fourth-order valence-electron chi connectivity index (χ4n) is 1.63. The van der Waals surface area contributed by atoms with Crippen LogP contribution < -0.4 is 10.6 Å². The molecule has 0 fully saturated rings. The van der Waals surface area contributed by atoms with Crippen molar-refractivity contribution in [3.63, 3.8) is 0 Å². The van der Waals surface area contributed by atoms with Crippen LogP contribution >= 0.6 is 0 Å². The predicted octanol–water partition coefficient (Wildman–Crippen LogP) is -0.960. The maximum Gasteiger partial charge on any atom is 0.236 e. The zero-order valence-corrected chi connectivity index (χ0v) is 12.1. The minimum absolute atomic E-state index is 0.0901. The van der Waals surface area contributed by atoms with E-state index in [1.165, 1.54) is 0 Å². The van der Waals surface area contributed by atoms with Crippen molar-refractivity contribution < 1.29 is 14.6 Å². The minimum atomic E-state index is -0.857. The van der Waals surface area contributed by atoms with Gasteiger partial charge in [-0.15, -0.1) is 0 Å². The molecule has 6 nitrogen and oxygen atoms in total. The highest BCUT2D eigenvalue weighted by molar-refractivity contribution is 5.81. The van der Waals surface area contributed by atoms with Crippen LogP contribution in [0.25, 0.3) is 0 Å². The first-order valence-corrected chi connectivity index (χ1v) is 6.15. The van der Waals surface area contributed by atoms with Crippen LogP contribution in [0.2, 0.25) is 0 Å². The summed E-state index contributed by atoms with van der Waals surface area (Å²) in [6.45, 7) is 5.41. The third-order valence-corrected chi connectivity index (χ3v) is 2.44. The van der Waals surface area contributed by atoms with Crippen LogP contribution in [0.15, 0.2) is 0 Å². The Labute approximate surface area is 110 Å². The van der Waals surface area contributed by atoms with E-state index in [2.05, 4.69) is 10.6 Å². The molecule has 0 radical (unpaired) electrons. The molecule has 0 spiro atoms. The van der Waals surface area contributed by atoms with Crippen LogP contribution in [0, 0.1) is 0 Å². The van der Waals surface area contributed by atoms with E-state index in [0.29, 0.717) is 26.2 Å². The minimum Gasteiger partial charge on any atom is -0.388 e. The second kappa shape index (κ2) is 8.42. The van der Waals surface area contributed by atoms with Crippen LogP contribution in [0.1, 0.15) is 13.8 Å². The molecular formula is C12H27N3O3. The third-order valence-electron chi connectivity index (χ3n) is 2.44. The number of amides is 1. The van der Waals surface area contributed by atoms with Crippen molar-refractivity contribution >= 4 is 5.91 Å². The lowest BCUT2D eigenvalue weighted by molar-refractivity contribution is -0.123. The van der Waals surface area contributed by atoms with E-state index in [4.69, 9.17) is 4.74 Å². The van der Waals surface area contributed by atoms with Crippen LogP contribution in [0.3, 0.4) is 0 Å². The van der Waals surface area contributed by atoms with Gasteiger partial charge in [-0.25, -0.2) is 0 Å². The normalized spacial score (nSPS) is 16.4. The molecule has 0 heterocycles. The molecule has 108 valence electrons. The van der Waals surface area contributed by atoms with Crippen molar-refractivity contribution in [1.29, 1.82) is 0 Å². The molecule has 0 saturated heterocycles. The summed E-state index contributed by atoms with van der Waals surface area (Å²) < 4.78 is 4.85. The molecule has 2 unspecified atom stereocenters. The lowest BCUT2D eigenvalue weighted by Gasteiger charge is -2.28. The highest BCUT2D eigenvalue weighted by Gasteiger charge is 2.23. The number of nitrogens with zero attached hydrogens (tertiary/aromatic N) is 1. The van der Waals surface area contributed by atoms with Crippen LogP contribution in [-0.2, 0) is 9.53 Å². The SMILES string of the molecule is COCCNC(=O)C(C)NCC(C)(O)CN(C)C. The molecular weight excluding hydrogens is 234 g/mol. The quantitative estimate of drug-likeness (QED) is 0.466. The highest BCUT2D eigenvalue weighted by atomic mass is 16.5. The summed E-state index contributed by atoms with van der Waals surface area (Å²) in [5, 5.41) is 15.8. The van der Waals surface area contributed by atoms with E-state index in [0.717, 1.165) is 0 Å². The summed E-state index contributed by atoms with van der Waals surface area (Å²) in [6.07, 6.45) is 0. The van der Waals surface area contributed by atoms with E-state index in [1.807, 2.05) is 19.0 Å². The largest absolute Gasteiger partial charge is 0.388 e. The summed E-state index contributed by atoms with van der Waals surface area (Å²) in [5.41, 5.74) is -0.857. The second-order valence-corrected chi connectivity index (χ2v) is 5.12. The van der Waals surface area contributed by atoms with Gasteiger partial charge >= 0.3 is 0 Å². The Balaban J connectivity index is 3.93. The van der Waals surface area contributed by atoms with E-state index in [1.54, 1.807) is 21.0 Å². The van der Waals surface area contributed by atoms with Gasteiger partial charge in [0.1, 0.15) is 0 Å². The van der Waals surface area contributed by atoms with Crippen LogP contribution in [0.5, 0.6) is 0 Å². The van der Waals surface area contributed by atoms with Crippen molar-refractivity contribution in [2.75, 3.05) is 47.4 Å². The number of rotatable bonds is 9. The Morgan fingerprint density at radius 3 is 2.61 bits per heavy atom. The van der Waals surface area contributed by atoms with Gasteiger partial charge in [-0.3, -0.25) is 4.79 Å². The van der Waals surface area contributed by atoms with Gasteiger partial charge in [0.05, 0.1) is 18.2 Å². The first kappa shape index (κ1) is 17.3. The van der Waals surface area contributed by atoms with Gasteiger partial charge in [0.2, 0.25) is 5.91 Å². The summed E-state index contributed by atoms with van der Waals surface area (Å²) in [4.78, 5) is 13.5. The number of carbonyl (C=O) groups excluding carboxylic acids is 1. The van der Waals surface area contributed by atoms with Gasteiger partial charge in [0.25, 0.3) is 0 Å². The first-order valence-electron chi connectivity index (χ1n) is 6.15. The zero-order valence-electron chi connectivity index (χ0n) is 12.1. The molecule has 0 aromatic heterocycles. The molecule has 0 saturated carbocycles. The van der Waals surface area contributed by atoms with Crippen molar-refractivity contribution in [3.05, 3.63) is 0 Å². The van der Waals surface area contributed by atoms with Gasteiger partial charge in [-0.2, -0.15) is 0 Å². The third kappa shape index (κ3) is 8.41. The lowest BCUT2D eigenvalue weighted by Crippen LogP contribution is -2.51. The summed E-state index contributed by atoms with van der Waals surface area (Å²) in [6, 6.07) is -0.338. The van der Waals surface area contributed by atoms with Gasteiger partial charge in [-0.1, -0.05) is 0 Å². The fourth-order valence-corrected chi connectivity index (χ4v) is 1.63. The number of likely N-dealkylation sites (N-methyl/N-ethyl adjacent to an activating group) is 1. The highest BCUT2D eigenvalue weighted by Crippen LogP contribution is 2.03. The summed E-state index contributed by atoms with van der Waals surface area (Å²) in [5.74, 6) is -0.0901. The molecule has 0 aliphatic rings. The van der Waals surface area contributed by atoms with Crippen LogP contribution in [0.4, 0.5) is 0 Å². The van der Waals surface area contributed by atoms with Crippen molar-refractivity contribution in [3.8, 4) is 0 Å². The number of carbonyl (C=O) groups is 1. The van der Waals surface area contributed by atoms with E-state index in [9.17, 15) is 9.90 Å². The number of hydrogen-bond donors (Lipinski definition) is 3.